The van der Waals surface area contributed by atoms with Crippen LogP contribution in [0.4, 0.5) is 0 Å². The van der Waals surface area contributed by atoms with Crippen molar-refractivity contribution in [2.24, 2.45) is 0 Å². The highest BCUT2D eigenvalue weighted by molar-refractivity contribution is 6.35. The zero-order valence-corrected chi connectivity index (χ0v) is 14.5. The van der Waals surface area contributed by atoms with Gasteiger partial charge in [0, 0.05) is 21.6 Å². The second-order valence-corrected chi connectivity index (χ2v) is 6.03. The molecule has 2 rings (SSSR count). The van der Waals surface area contributed by atoms with Gasteiger partial charge in [-0.05, 0) is 35.9 Å². The Bertz CT molecular complexity index is 780. The molecule has 0 aliphatic rings. The van der Waals surface area contributed by atoms with Crippen molar-refractivity contribution in [1.29, 1.82) is 0 Å². The molecule has 0 unspecified atom stereocenters. The molecule has 1 amide bonds. The molecule has 0 radical (unpaired) electrons. The summed E-state index contributed by atoms with van der Waals surface area (Å²) in [5, 5.41) is 13.3. The van der Waals surface area contributed by atoms with Gasteiger partial charge in [-0.1, -0.05) is 40.9 Å². The van der Waals surface area contributed by atoms with Crippen molar-refractivity contribution in [3.05, 3.63) is 62.6 Å². The normalized spacial score (nSPS) is 10.3. The number of phenols is 1. The van der Waals surface area contributed by atoms with Gasteiger partial charge in [-0.3, -0.25) is 4.79 Å². The zero-order valence-electron chi connectivity index (χ0n) is 12.2. The SMILES string of the molecule is O=C(COC(=O)c1cc(Cl)ccc1O)NCc1ccc(Cl)cc1Cl. The molecule has 0 aliphatic carbocycles. The van der Waals surface area contributed by atoms with Crippen LogP contribution in [0.1, 0.15) is 15.9 Å². The van der Waals surface area contributed by atoms with Gasteiger partial charge in [-0.25, -0.2) is 4.79 Å². The lowest BCUT2D eigenvalue weighted by molar-refractivity contribution is -0.124. The molecule has 2 aromatic carbocycles. The summed E-state index contributed by atoms with van der Waals surface area (Å²) in [5.41, 5.74) is 0.560. The third kappa shape index (κ3) is 5.03. The van der Waals surface area contributed by atoms with Crippen LogP contribution < -0.4 is 5.32 Å². The van der Waals surface area contributed by atoms with Crippen LogP contribution in [0, 0.1) is 0 Å². The summed E-state index contributed by atoms with van der Waals surface area (Å²) in [6.07, 6.45) is 0. The Labute approximate surface area is 153 Å². The van der Waals surface area contributed by atoms with Gasteiger partial charge >= 0.3 is 5.97 Å². The monoisotopic (exact) mass is 387 g/mol. The number of benzene rings is 2. The first-order valence-electron chi connectivity index (χ1n) is 6.73. The molecule has 0 atom stereocenters. The first kappa shape index (κ1) is 18.4. The first-order chi connectivity index (χ1) is 11.4. The number of esters is 1. The lowest BCUT2D eigenvalue weighted by Gasteiger charge is -2.09. The Balaban J connectivity index is 1.86. The fourth-order valence-corrected chi connectivity index (χ4v) is 2.44. The zero-order chi connectivity index (χ0) is 17.7. The Morgan fingerprint density at radius 2 is 1.71 bits per heavy atom. The summed E-state index contributed by atoms with van der Waals surface area (Å²) in [7, 11) is 0. The van der Waals surface area contributed by atoms with Crippen molar-refractivity contribution in [3.8, 4) is 5.75 Å². The highest BCUT2D eigenvalue weighted by atomic mass is 35.5. The number of carbonyl (C=O) groups is 2. The molecule has 0 spiro atoms. The number of rotatable bonds is 5. The summed E-state index contributed by atoms with van der Waals surface area (Å²) in [5.74, 6) is -1.65. The molecule has 24 heavy (non-hydrogen) atoms. The quantitative estimate of drug-likeness (QED) is 0.763. The van der Waals surface area contributed by atoms with Crippen molar-refractivity contribution in [2.75, 3.05) is 6.61 Å². The number of aromatic hydroxyl groups is 1. The second kappa shape index (κ2) is 8.24. The van der Waals surface area contributed by atoms with Crippen LogP contribution in [-0.2, 0) is 16.1 Å². The van der Waals surface area contributed by atoms with Gasteiger partial charge in [-0.15, -0.1) is 0 Å². The Kier molecular flexibility index (Phi) is 6.31. The van der Waals surface area contributed by atoms with Gasteiger partial charge in [0.15, 0.2) is 6.61 Å². The standard InChI is InChI=1S/C16H12Cl3NO4/c17-10-3-4-14(21)12(5-10)16(23)24-8-15(22)20-7-9-1-2-11(18)6-13(9)19/h1-6,21H,7-8H2,(H,20,22). The molecule has 0 saturated carbocycles. The predicted octanol–water partition coefficient (Wildman–Crippen LogP) is 3.83. The van der Waals surface area contributed by atoms with E-state index in [-0.39, 0.29) is 22.9 Å². The minimum Gasteiger partial charge on any atom is -0.507 e. The van der Waals surface area contributed by atoms with Gasteiger partial charge in [0.1, 0.15) is 11.3 Å². The van der Waals surface area contributed by atoms with Crippen LogP contribution in [0.2, 0.25) is 15.1 Å². The van der Waals surface area contributed by atoms with Crippen molar-refractivity contribution >= 4 is 46.7 Å². The van der Waals surface area contributed by atoms with Crippen LogP contribution in [-0.4, -0.2) is 23.6 Å². The third-order valence-corrected chi connectivity index (χ3v) is 3.83. The number of nitrogens with one attached hydrogen (secondary N) is 1. The van der Waals surface area contributed by atoms with E-state index in [0.717, 1.165) is 0 Å². The predicted molar refractivity (Wildman–Crippen MR) is 91.7 cm³/mol. The largest absolute Gasteiger partial charge is 0.507 e. The Hall–Kier alpha value is -1.95. The number of hydrogen-bond donors (Lipinski definition) is 2. The average Bonchev–Trinajstić information content (AvgIpc) is 2.54. The van der Waals surface area contributed by atoms with Crippen LogP contribution >= 0.6 is 34.8 Å². The molecule has 0 aliphatic heterocycles. The first-order valence-corrected chi connectivity index (χ1v) is 7.86. The van der Waals surface area contributed by atoms with Gasteiger partial charge in [0.25, 0.3) is 5.91 Å². The molecule has 0 saturated heterocycles. The lowest BCUT2D eigenvalue weighted by Crippen LogP contribution is -2.28. The van der Waals surface area contributed by atoms with Gasteiger partial charge in [0.05, 0.1) is 0 Å². The van der Waals surface area contributed by atoms with Gasteiger partial charge in [0.2, 0.25) is 0 Å². The van der Waals surface area contributed by atoms with Crippen molar-refractivity contribution in [2.45, 2.75) is 6.54 Å². The van der Waals surface area contributed by atoms with Gasteiger partial charge < -0.3 is 15.2 Å². The third-order valence-electron chi connectivity index (χ3n) is 3.00. The molecule has 5 nitrogen and oxygen atoms in total. The Morgan fingerprint density at radius 3 is 2.42 bits per heavy atom. The minimum atomic E-state index is -0.852. The number of ether oxygens (including phenoxy) is 1. The maximum atomic E-state index is 11.8. The second-order valence-electron chi connectivity index (χ2n) is 4.75. The van der Waals surface area contributed by atoms with E-state index in [9.17, 15) is 14.7 Å². The fraction of sp³-hybridized carbons (Fsp3) is 0.125. The molecule has 0 bridgehead atoms. The van der Waals surface area contributed by atoms with E-state index >= 15 is 0 Å². The van der Waals surface area contributed by atoms with Crippen LogP contribution in [0.15, 0.2) is 36.4 Å². The smallest absolute Gasteiger partial charge is 0.342 e. The number of carbonyl (C=O) groups excluding carboxylic acids is 2. The molecular weight excluding hydrogens is 377 g/mol. The van der Waals surface area contributed by atoms with E-state index in [0.29, 0.717) is 15.6 Å². The van der Waals surface area contributed by atoms with Gasteiger partial charge in [-0.2, -0.15) is 0 Å². The molecule has 0 aromatic heterocycles. The maximum Gasteiger partial charge on any atom is 0.342 e. The Morgan fingerprint density at radius 1 is 1.04 bits per heavy atom. The fourth-order valence-electron chi connectivity index (χ4n) is 1.79. The van der Waals surface area contributed by atoms with Crippen molar-refractivity contribution in [1.82, 2.24) is 5.32 Å². The summed E-state index contributed by atoms with van der Waals surface area (Å²) in [6.45, 7) is -0.342. The lowest BCUT2D eigenvalue weighted by atomic mass is 10.2. The molecule has 2 N–H and O–H groups in total. The van der Waals surface area contributed by atoms with Crippen LogP contribution in [0.3, 0.4) is 0 Å². The van der Waals surface area contributed by atoms with Crippen molar-refractivity contribution in [3.63, 3.8) is 0 Å². The van der Waals surface area contributed by atoms with E-state index in [2.05, 4.69) is 5.32 Å². The van der Waals surface area contributed by atoms with E-state index < -0.39 is 18.5 Å². The average molecular weight is 389 g/mol. The minimum absolute atomic E-state index is 0.115. The topological polar surface area (TPSA) is 75.6 Å². The highest BCUT2D eigenvalue weighted by Gasteiger charge is 2.15. The van der Waals surface area contributed by atoms with E-state index in [1.165, 1.54) is 18.2 Å². The van der Waals surface area contributed by atoms with E-state index in [1.54, 1.807) is 18.2 Å². The van der Waals surface area contributed by atoms with E-state index in [4.69, 9.17) is 39.5 Å². The molecule has 0 fully saturated rings. The number of phenolic OH excluding ortho intramolecular Hbond substituents is 1. The molecule has 126 valence electrons. The number of amides is 1. The molecular formula is C16H12Cl3NO4. The molecule has 2 aromatic rings. The summed E-state index contributed by atoms with van der Waals surface area (Å²) in [6, 6.07) is 8.84. The van der Waals surface area contributed by atoms with Crippen LogP contribution in [0.25, 0.3) is 0 Å². The summed E-state index contributed by atoms with van der Waals surface area (Å²) >= 11 is 17.5. The number of hydrogen-bond acceptors (Lipinski definition) is 4. The summed E-state index contributed by atoms with van der Waals surface area (Å²) < 4.78 is 4.84. The number of halogens is 3. The molecule has 8 heteroatoms. The van der Waals surface area contributed by atoms with Crippen LogP contribution in [0.5, 0.6) is 5.75 Å². The maximum absolute atomic E-state index is 11.8. The highest BCUT2D eigenvalue weighted by Crippen LogP contribution is 2.22. The van der Waals surface area contributed by atoms with E-state index in [1.807, 2.05) is 0 Å². The summed E-state index contributed by atoms with van der Waals surface area (Å²) in [4.78, 5) is 23.6. The molecule has 0 heterocycles. The van der Waals surface area contributed by atoms with Crippen molar-refractivity contribution < 1.29 is 19.4 Å².